The maximum atomic E-state index is 10.6. The van der Waals surface area contributed by atoms with Gasteiger partial charge in [0.25, 0.3) is 0 Å². The number of halogens is 1. The number of carboxylic acid groups (broad SMARTS) is 1. The van der Waals surface area contributed by atoms with E-state index in [0.29, 0.717) is 21.2 Å². The molecule has 0 aromatic carbocycles. The summed E-state index contributed by atoms with van der Waals surface area (Å²) < 4.78 is 2.38. The van der Waals surface area contributed by atoms with Crippen LogP contribution in [0.15, 0.2) is 0 Å². The van der Waals surface area contributed by atoms with Crippen molar-refractivity contribution in [1.82, 2.24) is 4.98 Å². The SMILES string of the molecule is O=C(O)c1nc2c(s1)C[I-]CC2. The van der Waals surface area contributed by atoms with E-state index in [-0.39, 0.29) is 5.01 Å². The van der Waals surface area contributed by atoms with Crippen molar-refractivity contribution in [2.45, 2.75) is 10.8 Å². The maximum absolute atomic E-state index is 10.6. The molecule has 1 aromatic rings. The van der Waals surface area contributed by atoms with Crippen molar-refractivity contribution in [2.24, 2.45) is 0 Å². The molecule has 0 radical (unpaired) electrons. The summed E-state index contributed by atoms with van der Waals surface area (Å²) in [5.74, 6) is -0.882. The number of aromatic nitrogens is 1. The molecule has 12 heavy (non-hydrogen) atoms. The van der Waals surface area contributed by atoms with Gasteiger partial charge in [-0.3, -0.25) is 0 Å². The Morgan fingerprint density at radius 1 is 1.67 bits per heavy atom. The van der Waals surface area contributed by atoms with Gasteiger partial charge in [0.1, 0.15) is 0 Å². The zero-order valence-electron chi connectivity index (χ0n) is 6.21. The summed E-state index contributed by atoms with van der Waals surface area (Å²) in [6.45, 7) is 0. The van der Waals surface area contributed by atoms with Gasteiger partial charge in [0.15, 0.2) is 0 Å². The molecule has 1 aliphatic rings. The van der Waals surface area contributed by atoms with Crippen LogP contribution in [0.2, 0.25) is 0 Å². The number of nitrogens with zero attached hydrogens (tertiary/aromatic N) is 1. The van der Waals surface area contributed by atoms with E-state index in [1.807, 2.05) is 0 Å². The third kappa shape index (κ3) is 1.47. The average Bonchev–Trinajstić information content (AvgIpc) is 2.46. The zero-order valence-corrected chi connectivity index (χ0v) is 9.18. The Kier molecular flexibility index (Phi) is 2.31. The molecule has 5 heteroatoms. The van der Waals surface area contributed by atoms with E-state index in [4.69, 9.17) is 5.11 Å². The van der Waals surface area contributed by atoms with Gasteiger partial charge in [0.05, 0.1) is 0 Å². The Bertz CT molecular complexity index is 300. The Balaban J connectivity index is 2.38. The summed E-state index contributed by atoms with van der Waals surface area (Å²) in [6.07, 6.45) is 1.01. The first-order chi connectivity index (χ1) is 5.77. The number of carboxylic acids is 1. The van der Waals surface area contributed by atoms with Crippen molar-refractivity contribution in [3.8, 4) is 0 Å². The summed E-state index contributed by atoms with van der Waals surface area (Å²) >= 11 is 1.66. The predicted molar refractivity (Wildman–Crippen MR) is 41.3 cm³/mol. The van der Waals surface area contributed by atoms with E-state index < -0.39 is 5.97 Å². The minimum absolute atomic E-state index is 0.269. The monoisotopic (exact) mass is 296 g/mol. The van der Waals surface area contributed by atoms with Crippen molar-refractivity contribution in [2.75, 3.05) is 4.43 Å². The first-order valence-electron chi connectivity index (χ1n) is 3.52. The first kappa shape index (κ1) is 8.43. The molecule has 1 aliphatic heterocycles. The normalized spacial score (nSPS) is 16.3. The van der Waals surface area contributed by atoms with Crippen LogP contribution in [-0.4, -0.2) is 20.5 Å². The summed E-state index contributed by atoms with van der Waals surface area (Å²) in [7, 11) is 0. The minimum atomic E-state index is -0.882. The Morgan fingerprint density at radius 2 is 2.50 bits per heavy atom. The van der Waals surface area contributed by atoms with Gasteiger partial charge < -0.3 is 0 Å². The number of hydrogen-bond acceptors (Lipinski definition) is 3. The summed E-state index contributed by atoms with van der Waals surface area (Å²) in [5, 5.41) is 8.96. The van der Waals surface area contributed by atoms with Crippen molar-refractivity contribution < 1.29 is 31.1 Å². The number of carbonyl (C=O) groups is 1. The summed E-state index contributed by atoms with van der Waals surface area (Å²) in [6, 6.07) is 0. The molecule has 0 saturated heterocycles. The number of aryl methyl sites for hydroxylation is 1. The van der Waals surface area contributed by atoms with Crippen molar-refractivity contribution in [1.29, 1.82) is 0 Å². The van der Waals surface area contributed by atoms with Gasteiger partial charge in [-0.15, -0.1) is 0 Å². The molecule has 66 valence electrons. The fourth-order valence-electron chi connectivity index (χ4n) is 1.08. The third-order valence-corrected chi connectivity index (χ3v) is 5.85. The molecule has 0 saturated carbocycles. The molecular formula is C7H7INO2S-. The number of thiazole rings is 1. The van der Waals surface area contributed by atoms with Gasteiger partial charge >= 0.3 is 84.3 Å². The number of aromatic carboxylic acids is 1. The number of alkyl halides is 2. The van der Waals surface area contributed by atoms with Crippen molar-refractivity contribution >= 4 is 17.3 Å². The van der Waals surface area contributed by atoms with Crippen LogP contribution in [-0.2, 0) is 10.8 Å². The Morgan fingerprint density at radius 3 is 3.17 bits per heavy atom. The van der Waals surface area contributed by atoms with E-state index in [2.05, 4.69) is 4.98 Å². The molecule has 2 rings (SSSR count). The fourth-order valence-corrected chi connectivity index (χ4v) is 5.07. The quantitative estimate of drug-likeness (QED) is 0.481. The van der Waals surface area contributed by atoms with Gasteiger partial charge in [-0.05, 0) is 0 Å². The molecule has 2 heterocycles. The van der Waals surface area contributed by atoms with E-state index in [1.54, 1.807) is 0 Å². The molecule has 1 aromatic heterocycles. The fraction of sp³-hybridized carbons (Fsp3) is 0.429. The average molecular weight is 296 g/mol. The Hall–Kier alpha value is -0.170. The molecular weight excluding hydrogens is 289 g/mol. The van der Waals surface area contributed by atoms with E-state index in [1.165, 1.54) is 20.6 Å². The molecule has 3 nitrogen and oxygen atoms in total. The Labute approximate surface area is 84.1 Å². The summed E-state index contributed by atoms with van der Waals surface area (Å²) in [5.41, 5.74) is 1.04. The van der Waals surface area contributed by atoms with E-state index in [9.17, 15) is 4.79 Å². The molecule has 1 N–H and O–H groups in total. The summed E-state index contributed by atoms with van der Waals surface area (Å²) in [4.78, 5) is 15.9. The van der Waals surface area contributed by atoms with Crippen LogP contribution in [0.25, 0.3) is 0 Å². The van der Waals surface area contributed by atoms with Crippen molar-refractivity contribution in [3.05, 3.63) is 15.6 Å². The number of hydrogen-bond donors (Lipinski definition) is 1. The number of fused-ring (bicyclic) bond motifs is 1. The second-order valence-electron chi connectivity index (χ2n) is 2.46. The first-order valence-corrected chi connectivity index (χ1v) is 7.39. The molecule has 0 unspecified atom stereocenters. The standard InChI is InChI=1S/C7H7INO2S/c10-7(11)6-9-4-1-2-8-3-5(4)12-6/h1-3H2,(H,10,11)/q-1. The predicted octanol–water partition coefficient (Wildman–Crippen LogP) is -2.01. The van der Waals surface area contributed by atoms with Gasteiger partial charge in [0, 0.05) is 0 Å². The van der Waals surface area contributed by atoms with Crippen LogP contribution in [0, 0.1) is 0 Å². The second-order valence-corrected chi connectivity index (χ2v) is 6.46. The second kappa shape index (κ2) is 3.29. The van der Waals surface area contributed by atoms with E-state index in [0.717, 1.165) is 16.5 Å². The van der Waals surface area contributed by atoms with Crippen LogP contribution < -0.4 is 21.2 Å². The topological polar surface area (TPSA) is 50.2 Å². The molecule has 0 spiro atoms. The van der Waals surface area contributed by atoms with E-state index >= 15 is 0 Å². The van der Waals surface area contributed by atoms with Gasteiger partial charge in [-0.1, -0.05) is 0 Å². The van der Waals surface area contributed by atoms with Crippen LogP contribution in [0.1, 0.15) is 20.4 Å². The van der Waals surface area contributed by atoms with Crippen LogP contribution in [0.5, 0.6) is 0 Å². The molecule has 0 amide bonds. The van der Waals surface area contributed by atoms with Gasteiger partial charge in [-0.2, -0.15) is 0 Å². The van der Waals surface area contributed by atoms with Crippen LogP contribution in [0.3, 0.4) is 0 Å². The van der Waals surface area contributed by atoms with Gasteiger partial charge in [-0.25, -0.2) is 0 Å². The third-order valence-electron chi connectivity index (χ3n) is 1.64. The van der Waals surface area contributed by atoms with Gasteiger partial charge in [0.2, 0.25) is 0 Å². The molecule has 0 fully saturated rings. The number of rotatable bonds is 1. The van der Waals surface area contributed by atoms with Crippen LogP contribution >= 0.6 is 11.3 Å². The van der Waals surface area contributed by atoms with Crippen molar-refractivity contribution in [3.63, 3.8) is 0 Å². The van der Waals surface area contributed by atoms with Crippen LogP contribution in [0.4, 0.5) is 0 Å². The molecule has 0 aliphatic carbocycles. The molecule has 0 atom stereocenters. The zero-order chi connectivity index (χ0) is 8.55. The molecule has 0 bridgehead atoms.